The lowest BCUT2D eigenvalue weighted by Crippen LogP contribution is -2.02. The third-order valence-electron chi connectivity index (χ3n) is 2.19. The second-order valence-corrected chi connectivity index (χ2v) is 3.03. The van der Waals surface area contributed by atoms with Crippen LogP contribution in [0, 0.1) is 0 Å². The molecule has 0 radical (unpaired) electrons. The van der Waals surface area contributed by atoms with Gasteiger partial charge in [0, 0.05) is 5.56 Å². The Labute approximate surface area is 71.8 Å². The van der Waals surface area contributed by atoms with Crippen molar-refractivity contribution in [3.63, 3.8) is 0 Å². The molecule has 2 heteroatoms. The van der Waals surface area contributed by atoms with Crippen LogP contribution in [0.3, 0.4) is 0 Å². The molecule has 2 rings (SSSR count). The average Bonchev–Trinajstić information content (AvgIpc) is 2.29. The molecule has 1 aliphatic rings. The number of hydrogen-bond donors (Lipinski definition) is 1. The number of hydrogen-bond acceptors (Lipinski definition) is 2. The van der Waals surface area contributed by atoms with Crippen LogP contribution in [0.5, 0.6) is 0 Å². The predicted molar refractivity (Wildman–Crippen MR) is 45.7 cm³/mol. The highest BCUT2D eigenvalue weighted by Crippen LogP contribution is 2.23. The van der Waals surface area contributed by atoms with Crippen molar-refractivity contribution in [3.8, 4) is 0 Å². The zero-order chi connectivity index (χ0) is 8.39. The summed E-state index contributed by atoms with van der Waals surface area (Å²) in [4.78, 5) is 0. The summed E-state index contributed by atoms with van der Waals surface area (Å²) in [6.45, 7) is 0.649. The Hall–Kier alpha value is -0.860. The first-order valence-corrected chi connectivity index (χ1v) is 4.25. The van der Waals surface area contributed by atoms with Crippen LogP contribution < -0.4 is 0 Å². The van der Waals surface area contributed by atoms with E-state index in [4.69, 9.17) is 4.74 Å². The molecule has 0 saturated heterocycles. The van der Waals surface area contributed by atoms with Crippen molar-refractivity contribution in [1.82, 2.24) is 0 Å². The summed E-state index contributed by atoms with van der Waals surface area (Å²) in [5.74, 6) is 0. The van der Waals surface area contributed by atoms with Crippen LogP contribution in [0.25, 0.3) is 0 Å². The molecule has 1 aromatic rings. The van der Waals surface area contributed by atoms with Crippen LogP contribution in [0.4, 0.5) is 0 Å². The molecule has 0 amide bonds. The normalized spacial score (nSPS) is 22.9. The van der Waals surface area contributed by atoms with E-state index >= 15 is 0 Å². The molecule has 1 atom stereocenters. The number of benzene rings is 1. The molecule has 0 fully saturated rings. The predicted octanol–water partition coefficient (Wildman–Crippen LogP) is 1.64. The molecular formula is C10H12O2. The average molecular weight is 164 g/mol. The summed E-state index contributed by atoms with van der Waals surface area (Å²) in [5.41, 5.74) is 2.14. The lowest BCUT2D eigenvalue weighted by atomic mass is 10.0. The third kappa shape index (κ3) is 1.36. The van der Waals surface area contributed by atoms with Gasteiger partial charge in [0.15, 0.2) is 6.29 Å². The summed E-state index contributed by atoms with van der Waals surface area (Å²) in [5, 5.41) is 9.52. The van der Waals surface area contributed by atoms with Gasteiger partial charge >= 0.3 is 0 Å². The number of fused-ring (bicyclic) bond motifs is 1. The number of aliphatic hydroxyl groups excluding tert-OH is 1. The van der Waals surface area contributed by atoms with E-state index in [2.05, 4.69) is 0 Å². The largest absolute Gasteiger partial charge is 0.364 e. The summed E-state index contributed by atoms with van der Waals surface area (Å²) in [6, 6.07) is 7.90. The highest BCUT2D eigenvalue weighted by molar-refractivity contribution is 5.28. The number of aryl methyl sites for hydroxylation is 1. The fourth-order valence-corrected chi connectivity index (χ4v) is 1.55. The van der Waals surface area contributed by atoms with Gasteiger partial charge in [0.05, 0.1) is 6.61 Å². The van der Waals surface area contributed by atoms with E-state index in [0.29, 0.717) is 6.61 Å². The van der Waals surface area contributed by atoms with Gasteiger partial charge in [0.25, 0.3) is 0 Å². The minimum absolute atomic E-state index is 0.649. The molecule has 0 aliphatic carbocycles. The number of aliphatic hydroxyl groups is 1. The van der Waals surface area contributed by atoms with E-state index in [1.807, 2.05) is 24.3 Å². The zero-order valence-electron chi connectivity index (χ0n) is 6.86. The van der Waals surface area contributed by atoms with Crippen molar-refractivity contribution in [2.45, 2.75) is 19.1 Å². The van der Waals surface area contributed by atoms with Gasteiger partial charge in [-0.15, -0.1) is 0 Å². The van der Waals surface area contributed by atoms with Gasteiger partial charge in [-0.2, -0.15) is 0 Å². The first-order valence-electron chi connectivity index (χ1n) is 4.25. The summed E-state index contributed by atoms with van der Waals surface area (Å²) < 4.78 is 5.18. The summed E-state index contributed by atoms with van der Waals surface area (Å²) in [7, 11) is 0. The maximum atomic E-state index is 9.52. The zero-order valence-corrected chi connectivity index (χ0v) is 6.86. The molecular weight excluding hydrogens is 152 g/mol. The van der Waals surface area contributed by atoms with Crippen LogP contribution in [-0.2, 0) is 11.2 Å². The van der Waals surface area contributed by atoms with Crippen molar-refractivity contribution in [2.75, 3.05) is 6.61 Å². The third-order valence-corrected chi connectivity index (χ3v) is 2.19. The molecule has 1 N–H and O–H groups in total. The van der Waals surface area contributed by atoms with Crippen LogP contribution in [0.1, 0.15) is 23.8 Å². The molecule has 12 heavy (non-hydrogen) atoms. The minimum Gasteiger partial charge on any atom is -0.364 e. The van der Waals surface area contributed by atoms with Gasteiger partial charge in [-0.25, -0.2) is 0 Å². The smallest absolute Gasteiger partial charge is 0.181 e. The van der Waals surface area contributed by atoms with E-state index in [1.165, 1.54) is 5.56 Å². The van der Waals surface area contributed by atoms with Crippen LogP contribution >= 0.6 is 0 Å². The van der Waals surface area contributed by atoms with Gasteiger partial charge in [-0.1, -0.05) is 24.3 Å². The van der Waals surface area contributed by atoms with Gasteiger partial charge in [-0.05, 0) is 18.4 Å². The van der Waals surface area contributed by atoms with E-state index in [1.54, 1.807) is 0 Å². The molecule has 1 aromatic carbocycles. The van der Waals surface area contributed by atoms with E-state index in [9.17, 15) is 5.11 Å². The molecule has 2 nitrogen and oxygen atoms in total. The lowest BCUT2D eigenvalue weighted by molar-refractivity contribution is -0.0997. The Kier molecular flexibility index (Phi) is 2.11. The topological polar surface area (TPSA) is 29.5 Å². The van der Waals surface area contributed by atoms with E-state index in [0.717, 1.165) is 18.4 Å². The number of rotatable bonds is 0. The molecule has 0 aromatic heterocycles. The SMILES string of the molecule is OC1OCCCc2ccccc21. The quantitative estimate of drug-likeness (QED) is 0.631. The fraction of sp³-hybridized carbons (Fsp3) is 0.400. The molecule has 1 unspecified atom stereocenters. The van der Waals surface area contributed by atoms with Crippen molar-refractivity contribution >= 4 is 0 Å². The second kappa shape index (κ2) is 3.25. The summed E-state index contributed by atoms with van der Waals surface area (Å²) >= 11 is 0. The van der Waals surface area contributed by atoms with Crippen molar-refractivity contribution in [3.05, 3.63) is 35.4 Å². The second-order valence-electron chi connectivity index (χ2n) is 3.03. The Bertz CT molecular complexity index is 270. The van der Waals surface area contributed by atoms with Gasteiger partial charge in [-0.3, -0.25) is 0 Å². The maximum Gasteiger partial charge on any atom is 0.181 e. The van der Waals surface area contributed by atoms with Crippen molar-refractivity contribution in [1.29, 1.82) is 0 Å². The molecule has 0 spiro atoms. The monoisotopic (exact) mass is 164 g/mol. The molecule has 0 bridgehead atoms. The van der Waals surface area contributed by atoms with Gasteiger partial charge in [0.1, 0.15) is 0 Å². The molecule has 1 heterocycles. The van der Waals surface area contributed by atoms with Crippen LogP contribution in [0.2, 0.25) is 0 Å². The first-order chi connectivity index (χ1) is 5.88. The molecule has 0 saturated carbocycles. The van der Waals surface area contributed by atoms with Crippen molar-refractivity contribution < 1.29 is 9.84 Å². The molecule has 64 valence electrons. The Morgan fingerprint density at radius 1 is 1.33 bits per heavy atom. The van der Waals surface area contributed by atoms with Gasteiger partial charge < -0.3 is 9.84 Å². The van der Waals surface area contributed by atoms with Crippen LogP contribution in [-0.4, -0.2) is 11.7 Å². The first kappa shape index (κ1) is 7.77. The highest BCUT2D eigenvalue weighted by atomic mass is 16.6. The minimum atomic E-state index is -0.719. The standard InChI is InChI=1S/C10H12O2/c11-10-9-6-2-1-4-8(9)5-3-7-12-10/h1-2,4,6,10-11H,3,5,7H2. The van der Waals surface area contributed by atoms with Crippen LogP contribution in [0.15, 0.2) is 24.3 Å². The maximum absolute atomic E-state index is 9.52. The Morgan fingerprint density at radius 3 is 3.08 bits per heavy atom. The molecule has 1 aliphatic heterocycles. The fourth-order valence-electron chi connectivity index (χ4n) is 1.55. The lowest BCUT2D eigenvalue weighted by Gasteiger charge is -2.10. The van der Waals surface area contributed by atoms with Crippen molar-refractivity contribution in [2.24, 2.45) is 0 Å². The Morgan fingerprint density at radius 2 is 2.17 bits per heavy atom. The van der Waals surface area contributed by atoms with Gasteiger partial charge in [0.2, 0.25) is 0 Å². The van der Waals surface area contributed by atoms with E-state index < -0.39 is 6.29 Å². The Balaban J connectivity index is 2.39. The van der Waals surface area contributed by atoms with E-state index in [-0.39, 0.29) is 0 Å². The highest BCUT2D eigenvalue weighted by Gasteiger charge is 2.14. The number of ether oxygens (including phenoxy) is 1. The summed E-state index contributed by atoms with van der Waals surface area (Å²) in [6.07, 6.45) is 1.28.